The summed E-state index contributed by atoms with van der Waals surface area (Å²) >= 11 is 5.82. The highest BCUT2D eigenvalue weighted by molar-refractivity contribution is 7.91. The summed E-state index contributed by atoms with van der Waals surface area (Å²) in [6, 6.07) is 14.2. The van der Waals surface area contributed by atoms with Crippen molar-refractivity contribution in [2.45, 2.75) is 44.1 Å². The predicted molar refractivity (Wildman–Crippen MR) is 126 cm³/mol. The lowest BCUT2D eigenvalue weighted by Gasteiger charge is -2.26. The summed E-state index contributed by atoms with van der Waals surface area (Å²) < 4.78 is 44.0. The van der Waals surface area contributed by atoms with E-state index in [1.165, 1.54) is 18.2 Å². The van der Waals surface area contributed by atoms with E-state index in [1.54, 1.807) is 63.4 Å². The topological polar surface area (TPSA) is 73.3 Å². The van der Waals surface area contributed by atoms with Crippen molar-refractivity contribution >= 4 is 27.2 Å². The number of halogens is 2. The van der Waals surface area contributed by atoms with Crippen LogP contribution in [0.25, 0.3) is 0 Å². The average Bonchev–Trinajstić information content (AvgIpc) is 2.75. The Hall–Kier alpha value is -2.77. The number of carbonyl (C=O) groups excluding carboxylic acids is 1. The summed E-state index contributed by atoms with van der Waals surface area (Å²) in [6.07, 6.45) is 1.92. The zero-order chi connectivity index (χ0) is 24.2. The van der Waals surface area contributed by atoms with Gasteiger partial charge in [0, 0.05) is 35.7 Å². The van der Waals surface area contributed by atoms with Gasteiger partial charge in [-0.05, 0) is 49.2 Å². The highest BCUT2D eigenvalue weighted by Crippen LogP contribution is 2.30. The molecule has 0 aliphatic heterocycles. The highest BCUT2D eigenvalue weighted by Gasteiger charge is 2.27. The molecule has 0 unspecified atom stereocenters. The van der Waals surface area contributed by atoms with Crippen molar-refractivity contribution in [3.05, 3.63) is 88.3 Å². The fourth-order valence-electron chi connectivity index (χ4n) is 3.37. The molecule has 1 aromatic heterocycles. The summed E-state index contributed by atoms with van der Waals surface area (Å²) in [5, 5.41) is 0.307. The van der Waals surface area contributed by atoms with Crippen LogP contribution in [0.5, 0.6) is 5.88 Å². The molecule has 1 heterocycles. The Morgan fingerprint density at radius 1 is 1.03 bits per heavy atom. The van der Waals surface area contributed by atoms with E-state index in [1.807, 2.05) is 0 Å². The first-order valence-corrected chi connectivity index (χ1v) is 12.5. The molecule has 0 atom stereocenters. The third-order valence-electron chi connectivity index (χ3n) is 5.20. The Kier molecular flexibility index (Phi) is 7.55. The van der Waals surface area contributed by atoms with Crippen molar-refractivity contribution in [1.29, 1.82) is 0 Å². The second-order valence-electron chi connectivity index (χ2n) is 8.18. The fraction of sp³-hybridized carbons (Fsp3) is 0.280. The first-order valence-electron chi connectivity index (χ1n) is 10.4. The second kappa shape index (κ2) is 10.0. The minimum atomic E-state index is -3.26. The van der Waals surface area contributed by atoms with E-state index in [-0.39, 0.29) is 29.3 Å². The van der Waals surface area contributed by atoms with Crippen molar-refractivity contribution in [2.24, 2.45) is 0 Å². The zero-order valence-corrected chi connectivity index (χ0v) is 20.2. The van der Waals surface area contributed by atoms with Crippen molar-refractivity contribution < 1.29 is 22.3 Å². The minimum absolute atomic E-state index is 0.0277. The molecule has 8 heteroatoms. The lowest BCUT2D eigenvalue weighted by atomic mass is 9.97. The molecule has 0 bridgehead atoms. The van der Waals surface area contributed by atoms with Crippen LogP contribution in [0.2, 0.25) is 5.02 Å². The molecule has 0 N–H and O–H groups in total. The van der Waals surface area contributed by atoms with Gasteiger partial charge in [-0.2, -0.15) is 0 Å². The highest BCUT2D eigenvalue weighted by atomic mass is 35.5. The summed E-state index contributed by atoms with van der Waals surface area (Å²) in [4.78, 5) is 17.0. The fourth-order valence-corrected chi connectivity index (χ4v) is 4.41. The Balaban J connectivity index is 1.61. The lowest BCUT2D eigenvalue weighted by molar-refractivity contribution is -0.117. The van der Waals surface area contributed by atoms with Crippen LogP contribution in [0, 0.1) is 5.82 Å². The van der Waals surface area contributed by atoms with Crippen molar-refractivity contribution in [3.8, 4) is 5.88 Å². The normalized spacial score (nSPS) is 11.9. The molecular formula is C25H25ClFNO4S. The maximum absolute atomic E-state index is 14.3. The standard InChI is InChI=1S/C25H25ClFNO4S/c1-4-33(30,31)21-9-5-17(6-10-21)13-20(29)14-18-7-12-24(28-16-18)32-25(2,3)22-11-8-19(26)15-23(22)27/h5-12,15-16H,4,13-14H2,1-3H3. The lowest BCUT2D eigenvalue weighted by Crippen LogP contribution is -2.27. The smallest absolute Gasteiger partial charge is 0.214 e. The van der Waals surface area contributed by atoms with E-state index in [2.05, 4.69) is 4.98 Å². The van der Waals surface area contributed by atoms with Gasteiger partial charge < -0.3 is 4.74 Å². The number of nitrogens with zero attached hydrogens (tertiary/aromatic N) is 1. The molecule has 3 rings (SSSR count). The van der Waals surface area contributed by atoms with E-state index in [0.29, 0.717) is 22.0 Å². The quantitative estimate of drug-likeness (QED) is 0.406. The molecule has 0 radical (unpaired) electrons. The molecule has 2 aromatic carbocycles. The van der Waals surface area contributed by atoms with E-state index in [9.17, 15) is 17.6 Å². The van der Waals surface area contributed by atoms with Gasteiger partial charge in [-0.3, -0.25) is 4.79 Å². The monoisotopic (exact) mass is 489 g/mol. The molecule has 5 nitrogen and oxygen atoms in total. The number of hydrogen-bond acceptors (Lipinski definition) is 5. The van der Waals surface area contributed by atoms with Gasteiger partial charge in [-0.25, -0.2) is 17.8 Å². The van der Waals surface area contributed by atoms with E-state index in [4.69, 9.17) is 16.3 Å². The Morgan fingerprint density at radius 3 is 2.24 bits per heavy atom. The van der Waals surface area contributed by atoms with Crippen LogP contribution in [0.4, 0.5) is 4.39 Å². The molecule has 0 aliphatic carbocycles. The van der Waals surface area contributed by atoms with Gasteiger partial charge in [0.2, 0.25) is 5.88 Å². The molecule has 33 heavy (non-hydrogen) atoms. The summed E-state index contributed by atoms with van der Waals surface area (Å²) in [5.74, 6) is -0.155. The summed E-state index contributed by atoms with van der Waals surface area (Å²) in [7, 11) is -3.26. The zero-order valence-electron chi connectivity index (χ0n) is 18.6. The van der Waals surface area contributed by atoms with Gasteiger partial charge >= 0.3 is 0 Å². The van der Waals surface area contributed by atoms with Crippen LogP contribution >= 0.6 is 11.6 Å². The Morgan fingerprint density at radius 2 is 1.67 bits per heavy atom. The maximum Gasteiger partial charge on any atom is 0.214 e. The molecule has 0 saturated carbocycles. The molecule has 0 amide bonds. The summed E-state index contributed by atoms with van der Waals surface area (Å²) in [5.41, 5.74) is 0.838. The molecule has 0 fully saturated rings. The van der Waals surface area contributed by atoms with Gasteiger partial charge in [-0.1, -0.05) is 42.8 Å². The number of ketones is 1. The van der Waals surface area contributed by atoms with Crippen LogP contribution in [0.1, 0.15) is 37.5 Å². The molecule has 174 valence electrons. The number of benzene rings is 2. The number of pyridine rings is 1. The second-order valence-corrected chi connectivity index (χ2v) is 10.9. The van der Waals surface area contributed by atoms with Crippen molar-refractivity contribution in [3.63, 3.8) is 0 Å². The van der Waals surface area contributed by atoms with E-state index in [0.717, 1.165) is 5.56 Å². The van der Waals surface area contributed by atoms with Gasteiger partial charge in [0.25, 0.3) is 0 Å². The Bertz CT molecular complexity index is 1240. The van der Waals surface area contributed by atoms with E-state index < -0.39 is 21.3 Å². The third-order valence-corrected chi connectivity index (χ3v) is 7.19. The minimum Gasteiger partial charge on any atom is -0.467 e. The third kappa shape index (κ3) is 6.39. The van der Waals surface area contributed by atoms with Gasteiger partial charge in [0.15, 0.2) is 9.84 Å². The molecule has 3 aromatic rings. The molecule has 0 spiro atoms. The summed E-state index contributed by atoms with van der Waals surface area (Å²) in [6.45, 7) is 5.05. The SMILES string of the molecule is CCS(=O)(=O)c1ccc(CC(=O)Cc2ccc(OC(C)(C)c3ccc(Cl)cc3F)nc2)cc1. The number of hydrogen-bond donors (Lipinski definition) is 0. The number of Topliss-reactive ketones (excluding diaryl/α,β-unsaturated/α-hetero) is 1. The van der Waals surface area contributed by atoms with Crippen LogP contribution in [0.3, 0.4) is 0 Å². The van der Waals surface area contributed by atoms with Crippen LogP contribution in [-0.4, -0.2) is 24.9 Å². The van der Waals surface area contributed by atoms with Crippen molar-refractivity contribution in [2.75, 3.05) is 5.75 Å². The number of rotatable bonds is 9. The van der Waals surface area contributed by atoms with Gasteiger partial charge in [-0.15, -0.1) is 0 Å². The first kappa shape index (κ1) is 24.9. The Labute approximate surface area is 198 Å². The predicted octanol–water partition coefficient (Wildman–Crippen LogP) is 5.34. The molecule has 0 saturated heterocycles. The molecule has 0 aliphatic rings. The largest absolute Gasteiger partial charge is 0.467 e. The van der Waals surface area contributed by atoms with Gasteiger partial charge in [0.1, 0.15) is 17.2 Å². The van der Waals surface area contributed by atoms with Crippen molar-refractivity contribution in [1.82, 2.24) is 4.98 Å². The first-order chi connectivity index (χ1) is 15.5. The maximum atomic E-state index is 14.3. The average molecular weight is 490 g/mol. The number of ether oxygens (including phenoxy) is 1. The van der Waals surface area contributed by atoms with Crippen LogP contribution in [-0.2, 0) is 33.1 Å². The number of sulfone groups is 1. The number of aromatic nitrogens is 1. The van der Waals surface area contributed by atoms with Crippen LogP contribution in [0.15, 0.2) is 65.7 Å². The van der Waals surface area contributed by atoms with Gasteiger partial charge in [0.05, 0.1) is 10.6 Å². The number of carbonyl (C=O) groups is 1. The molecular weight excluding hydrogens is 465 g/mol. The van der Waals surface area contributed by atoms with E-state index >= 15 is 0 Å². The van der Waals surface area contributed by atoms with Crippen LogP contribution < -0.4 is 4.74 Å².